The highest BCUT2D eigenvalue weighted by Crippen LogP contribution is 2.31. The zero-order valence-corrected chi connectivity index (χ0v) is 14.1. The van der Waals surface area contributed by atoms with E-state index >= 15 is 0 Å². The monoisotopic (exact) mass is 362 g/mol. The third kappa shape index (κ3) is 3.35. The van der Waals surface area contributed by atoms with Crippen molar-refractivity contribution in [3.8, 4) is 11.1 Å². The average Bonchev–Trinajstić information content (AvgIpc) is 3.15. The van der Waals surface area contributed by atoms with E-state index in [-0.39, 0.29) is 5.56 Å². The molecular formula is C20H15FN4O2. The molecule has 0 atom stereocenters. The Morgan fingerprint density at radius 2 is 2.11 bits per heavy atom. The lowest BCUT2D eigenvalue weighted by Gasteiger charge is -2.10. The summed E-state index contributed by atoms with van der Waals surface area (Å²) in [6, 6.07) is 11.6. The van der Waals surface area contributed by atoms with Crippen molar-refractivity contribution in [2.75, 3.05) is 5.32 Å². The number of aromatic nitrogens is 3. The number of anilines is 1. The van der Waals surface area contributed by atoms with Gasteiger partial charge in [0, 0.05) is 30.5 Å². The Morgan fingerprint density at radius 1 is 1.22 bits per heavy atom. The number of carboxylic acids is 1. The molecule has 0 aliphatic rings. The number of hydrogen-bond acceptors (Lipinski definition) is 4. The summed E-state index contributed by atoms with van der Waals surface area (Å²) in [6.07, 6.45) is 5.23. The number of benzene rings is 1. The summed E-state index contributed by atoms with van der Waals surface area (Å²) >= 11 is 0. The van der Waals surface area contributed by atoms with Crippen molar-refractivity contribution in [3.05, 3.63) is 78.0 Å². The van der Waals surface area contributed by atoms with Gasteiger partial charge in [-0.3, -0.25) is 4.98 Å². The molecule has 3 N–H and O–H groups in total. The Labute approximate surface area is 153 Å². The summed E-state index contributed by atoms with van der Waals surface area (Å²) in [6.45, 7) is 0.538. The van der Waals surface area contributed by atoms with E-state index in [1.807, 2.05) is 24.3 Å². The van der Waals surface area contributed by atoms with Gasteiger partial charge >= 0.3 is 5.97 Å². The SMILES string of the molecule is O=C(O)c1cc(-c2cc(NCc3cccnc3)nc3[nH]ccc23)ccc1F. The van der Waals surface area contributed by atoms with Gasteiger partial charge in [-0.1, -0.05) is 12.1 Å². The molecule has 0 spiro atoms. The Kier molecular flexibility index (Phi) is 4.25. The van der Waals surface area contributed by atoms with Gasteiger partial charge in [0.2, 0.25) is 0 Å². The van der Waals surface area contributed by atoms with Crippen LogP contribution in [-0.2, 0) is 6.54 Å². The summed E-state index contributed by atoms with van der Waals surface area (Å²) in [4.78, 5) is 22.9. The number of pyridine rings is 2. The predicted molar refractivity (Wildman–Crippen MR) is 100 cm³/mol. The van der Waals surface area contributed by atoms with E-state index in [0.717, 1.165) is 16.5 Å². The molecule has 7 heteroatoms. The zero-order chi connectivity index (χ0) is 18.8. The highest BCUT2D eigenvalue weighted by atomic mass is 19.1. The maximum absolute atomic E-state index is 13.8. The standard InChI is InChI=1S/C20H15FN4O2/c21-17-4-3-13(8-16(17)20(26)27)15-9-18(25-19-14(15)5-7-23-19)24-11-12-2-1-6-22-10-12/h1-10H,11H2,(H,26,27)(H2,23,24,25). The van der Waals surface area contributed by atoms with Crippen LogP contribution in [0.25, 0.3) is 22.2 Å². The van der Waals surface area contributed by atoms with Crippen molar-refractivity contribution >= 4 is 22.8 Å². The predicted octanol–water partition coefficient (Wildman–Crippen LogP) is 4.07. The number of rotatable bonds is 5. The first-order valence-electron chi connectivity index (χ1n) is 8.26. The first-order valence-corrected chi connectivity index (χ1v) is 8.26. The Balaban J connectivity index is 1.75. The molecule has 1 aromatic carbocycles. The summed E-state index contributed by atoms with van der Waals surface area (Å²) in [5.41, 5.74) is 2.66. The van der Waals surface area contributed by atoms with Gasteiger partial charge in [0.05, 0.1) is 5.56 Å². The minimum absolute atomic E-state index is 0.363. The number of halogens is 1. The van der Waals surface area contributed by atoms with Crippen molar-refractivity contribution in [1.82, 2.24) is 15.0 Å². The van der Waals surface area contributed by atoms with E-state index in [1.165, 1.54) is 12.1 Å². The molecule has 3 aromatic heterocycles. The van der Waals surface area contributed by atoms with Crippen LogP contribution in [0.2, 0.25) is 0 Å². The molecule has 0 bridgehead atoms. The van der Waals surface area contributed by atoms with Gasteiger partial charge in [0.25, 0.3) is 0 Å². The number of nitrogens with zero attached hydrogens (tertiary/aromatic N) is 2. The van der Waals surface area contributed by atoms with Gasteiger partial charge in [-0.2, -0.15) is 0 Å². The third-order valence-corrected chi connectivity index (χ3v) is 4.23. The smallest absolute Gasteiger partial charge is 0.338 e. The molecule has 6 nitrogen and oxygen atoms in total. The van der Waals surface area contributed by atoms with E-state index in [1.54, 1.807) is 24.7 Å². The van der Waals surface area contributed by atoms with Gasteiger partial charge in [0.1, 0.15) is 17.3 Å². The summed E-state index contributed by atoms with van der Waals surface area (Å²) in [7, 11) is 0. The largest absolute Gasteiger partial charge is 0.478 e. The van der Waals surface area contributed by atoms with E-state index in [9.17, 15) is 14.3 Å². The van der Waals surface area contributed by atoms with Crippen LogP contribution in [0.4, 0.5) is 10.2 Å². The molecule has 0 aliphatic heterocycles. The normalized spacial score (nSPS) is 10.9. The van der Waals surface area contributed by atoms with Crippen LogP contribution >= 0.6 is 0 Å². The van der Waals surface area contributed by atoms with E-state index in [0.29, 0.717) is 23.6 Å². The van der Waals surface area contributed by atoms with Crippen molar-refractivity contribution in [2.45, 2.75) is 6.54 Å². The van der Waals surface area contributed by atoms with Crippen LogP contribution in [0.15, 0.2) is 61.1 Å². The van der Waals surface area contributed by atoms with Gasteiger partial charge in [0.15, 0.2) is 0 Å². The molecule has 134 valence electrons. The molecule has 0 amide bonds. The Bertz CT molecular complexity index is 1130. The Hall–Kier alpha value is -3.74. The fourth-order valence-electron chi connectivity index (χ4n) is 2.92. The van der Waals surface area contributed by atoms with Gasteiger partial charge in [-0.25, -0.2) is 14.2 Å². The number of carboxylic acid groups (broad SMARTS) is 1. The number of hydrogen-bond donors (Lipinski definition) is 3. The van der Waals surface area contributed by atoms with Crippen molar-refractivity contribution in [1.29, 1.82) is 0 Å². The van der Waals surface area contributed by atoms with Crippen molar-refractivity contribution < 1.29 is 14.3 Å². The third-order valence-electron chi connectivity index (χ3n) is 4.23. The highest BCUT2D eigenvalue weighted by molar-refractivity contribution is 5.97. The zero-order valence-electron chi connectivity index (χ0n) is 14.1. The fourth-order valence-corrected chi connectivity index (χ4v) is 2.92. The molecule has 3 heterocycles. The number of aromatic amines is 1. The lowest BCUT2D eigenvalue weighted by atomic mass is 10.0. The summed E-state index contributed by atoms with van der Waals surface area (Å²) in [5.74, 6) is -1.45. The number of carbonyl (C=O) groups is 1. The van der Waals surface area contributed by atoms with Gasteiger partial charge in [-0.05, 0) is 47.0 Å². The first kappa shape index (κ1) is 16.7. The number of fused-ring (bicyclic) bond motifs is 1. The molecule has 0 unspecified atom stereocenters. The van der Waals surface area contributed by atoms with E-state index in [4.69, 9.17) is 0 Å². The second kappa shape index (κ2) is 6.87. The summed E-state index contributed by atoms with van der Waals surface area (Å²) < 4.78 is 13.8. The Morgan fingerprint density at radius 3 is 2.89 bits per heavy atom. The van der Waals surface area contributed by atoms with Gasteiger partial charge < -0.3 is 15.4 Å². The van der Waals surface area contributed by atoms with Crippen LogP contribution in [0.5, 0.6) is 0 Å². The van der Waals surface area contributed by atoms with Crippen LogP contribution in [0.3, 0.4) is 0 Å². The van der Waals surface area contributed by atoms with Crippen molar-refractivity contribution in [2.24, 2.45) is 0 Å². The topological polar surface area (TPSA) is 90.9 Å². The molecule has 0 aliphatic carbocycles. The maximum atomic E-state index is 13.8. The minimum atomic E-state index is -1.30. The van der Waals surface area contributed by atoms with Crippen LogP contribution < -0.4 is 5.32 Å². The quantitative estimate of drug-likeness (QED) is 0.498. The molecule has 0 saturated carbocycles. The first-order chi connectivity index (χ1) is 13.1. The van der Waals surface area contributed by atoms with Crippen LogP contribution in [0.1, 0.15) is 15.9 Å². The number of nitrogens with one attached hydrogen (secondary N) is 2. The highest BCUT2D eigenvalue weighted by Gasteiger charge is 2.14. The molecule has 0 radical (unpaired) electrons. The lowest BCUT2D eigenvalue weighted by Crippen LogP contribution is -2.03. The second-order valence-electron chi connectivity index (χ2n) is 6.01. The molecule has 4 rings (SSSR count). The molecule has 0 fully saturated rings. The lowest BCUT2D eigenvalue weighted by molar-refractivity contribution is 0.0692. The molecular weight excluding hydrogens is 347 g/mol. The van der Waals surface area contributed by atoms with Crippen molar-refractivity contribution in [3.63, 3.8) is 0 Å². The van der Waals surface area contributed by atoms with Gasteiger partial charge in [-0.15, -0.1) is 0 Å². The average molecular weight is 362 g/mol. The fraction of sp³-hybridized carbons (Fsp3) is 0.0500. The molecule has 0 saturated heterocycles. The van der Waals surface area contributed by atoms with E-state index in [2.05, 4.69) is 20.3 Å². The number of aromatic carboxylic acids is 1. The van der Waals surface area contributed by atoms with Crippen LogP contribution in [-0.4, -0.2) is 26.0 Å². The van der Waals surface area contributed by atoms with E-state index < -0.39 is 11.8 Å². The van der Waals surface area contributed by atoms with Crippen LogP contribution in [0, 0.1) is 5.82 Å². The second-order valence-corrected chi connectivity index (χ2v) is 6.01. The number of H-pyrrole nitrogens is 1. The molecule has 4 aromatic rings. The minimum Gasteiger partial charge on any atom is -0.478 e. The molecule has 27 heavy (non-hydrogen) atoms. The summed E-state index contributed by atoms with van der Waals surface area (Å²) in [5, 5.41) is 13.3. The maximum Gasteiger partial charge on any atom is 0.338 e.